The summed E-state index contributed by atoms with van der Waals surface area (Å²) < 4.78 is 18.3. The fourth-order valence-corrected chi connectivity index (χ4v) is 1.86. The second-order valence-corrected chi connectivity index (χ2v) is 4.44. The van der Waals surface area contributed by atoms with Gasteiger partial charge in [0.05, 0.1) is 29.7 Å². The second-order valence-electron chi connectivity index (χ2n) is 4.01. The first-order chi connectivity index (χ1) is 9.52. The van der Waals surface area contributed by atoms with Crippen molar-refractivity contribution in [1.82, 2.24) is 0 Å². The summed E-state index contributed by atoms with van der Waals surface area (Å²) in [5.41, 5.74) is 6.90. The van der Waals surface area contributed by atoms with Crippen LogP contribution in [-0.2, 0) is 4.74 Å². The molecule has 2 aromatic rings. The molecule has 0 atom stereocenters. The first-order valence-corrected chi connectivity index (χ1v) is 6.09. The van der Waals surface area contributed by atoms with Crippen molar-refractivity contribution in [2.75, 3.05) is 18.2 Å². The Kier molecular flexibility index (Phi) is 4.10. The van der Waals surface area contributed by atoms with Gasteiger partial charge in [0.2, 0.25) is 0 Å². The van der Waals surface area contributed by atoms with Gasteiger partial charge in [0.15, 0.2) is 0 Å². The summed E-state index contributed by atoms with van der Waals surface area (Å²) >= 11 is 5.68. The van der Waals surface area contributed by atoms with E-state index in [0.29, 0.717) is 10.7 Å². The summed E-state index contributed by atoms with van der Waals surface area (Å²) in [5.74, 6) is -1.07. The van der Waals surface area contributed by atoms with Gasteiger partial charge in [-0.1, -0.05) is 17.7 Å². The lowest BCUT2D eigenvalue weighted by atomic mass is 10.1. The van der Waals surface area contributed by atoms with E-state index >= 15 is 0 Å². The zero-order valence-corrected chi connectivity index (χ0v) is 11.4. The Hall–Kier alpha value is -2.27. The number of carbonyl (C=O) groups excluding carboxylic acids is 1. The molecule has 2 rings (SSSR count). The number of nitrogen functional groups attached to an aromatic ring is 1. The van der Waals surface area contributed by atoms with Gasteiger partial charge in [0, 0.05) is 5.02 Å². The van der Waals surface area contributed by atoms with Crippen LogP contribution in [0.2, 0.25) is 5.02 Å². The maximum absolute atomic E-state index is 13.7. The highest BCUT2D eigenvalue weighted by atomic mass is 35.5. The number of halogens is 2. The predicted octanol–water partition coefficient (Wildman–Crippen LogP) is 3.59. The molecule has 0 aliphatic heterocycles. The summed E-state index contributed by atoms with van der Waals surface area (Å²) in [4.78, 5) is 11.5. The zero-order valence-electron chi connectivity index (χ0n) is 10.6. The predicted molar refractivity (Wildman–Crippen MR) is 76.9 cm³/mol. The largest absolute Gasteiger partial charge is 0.465 e. The van der Waals surface area contributed by atoms with Crippen LogP contribution in [-0.4, -0.2) is 13.1 Å². The van der Waals surface area contributed by atoms with Gasteiger partial charge in [0.25, 0.3) is 0 Å². The first-order valence-electron chi connectivity index (χ1n) is 5.72. The Morgan fingerprint density at radius 2 is 2.05 bits per heavy atom. The summed E-state index contributed by atoms with van der Waals surface area (Å²) in [7, 11) is 1.26. The monoisotopic (exact) mass is 294 g/mol. The van der Waals surface area contributed by atoms with Gasteiger partial charge in [-0.05, 0) is 30.3 Å². The van der Waals surface area contributed by atoms with E-state index in [1.165, 1.54) is 25.3 Å². The molecule has 0 spiro atoms. The number of ether oxygens (including phenoxy) is 1. The standard InChI is InChI=1S/C14H12ClFN2O2/c1-20-14(19)9-3-2-4-12(13(9)17)18-11-6-5-8(15)7-10(11)16/h2-7,18H,17H2,1H3. The Labute approximate surface area is 120 Å². The van der Waals surface area contributed by atoms with Crippen LogP contribution in [0.25, 0.3) is 0 Å². The maximum Gasteiger partial charge on any atom is 0.340 e. The summed E-state index contributed by atoms with van der Waals surface area (Å²) in [6.07, 6.45) is 0. The SMILES string of the molecule is COC(=O)c1cccc(Nc2ccc(Cl)cc2F)c1N. The van der Waals surface area contributed by atoms with Crippen LogP contribution in [0.3, 0.4) is 0 Å². The Morgan fingerprint density at radius 1 is 1.30 bits per heavy atom. The number of nitrogens with two attached hydrogens (primary N) is 1. The van der Waals surface area contributed by atoms with Crippen LogP contribution in [0.5, 0.6) is 0 Å². The molecule has 3 N–H and O–H groups in total. The molecule has 0 saturated carbocycles. The molecule has 0 heterocycles. The fraction of sp³-hybridized carbons (Fsp3) is 0.0714. The lowest BCUT2D eigenvalue weighted by Crippen LogP contribution is -2.08. The smallest absolute Gasteiger partial charge is 0.340 e. The number of esters is 1. The van der Waals surface area contributed by atoms with Crippen LogP contribution in [0.4, 0.5) is 21.5 Å². The van der Waals surface area contributed by atoms with Crippen molar-refractivity contribution in [1.29, 1.82) is 0 Å². The number of anilines is 3. The van der Waals surface area contributed by atoms with Gasteiger partial charge in [-0.25, -0.2) is 9.18 Å². The summed E-state index contributed by atoms with van der Waals surface area (Å²) in [6.45, 7) is 0. The van der Waals surface area contributed by atoms with E-state index < -0.39 is 11.8 Å². The van der Waals surface area contributed by atoms with Gasteiger partial charge in [0.1, 0.15) is 5.82 Å². The van der Waals surface area contributed by atoms with Crippen LogP contribution >= 0.6 is 11.6 Å². The normalized spacial score (nSPS) is 10.2. The maximum atomic E-state index is 13.7. The molecule has 0 aliphatic carbocycles. The van der Waals surface area contributed by atoms with Crippen molar-refractivity contribution in [3.05, 3.63) is 52.8 Å². The van der Waals surface area contributed by atoms with Crippen LogP contribution in [0.1, 0.15) is 10.4 Å². The Morgan fingerprint density at radius 3 is 2.70 bits per heavy atom. The molecule has 0 aliphatic rings. The number of nitrogens with one attached hydrogen (secondary N) is 1. The number of hydrogen-bond acceptors (Lipinski definition) is 4. The van der Waals surface area contributed by atoms with E-state index in [1.807, 2.05) is 0 Å². The third-order valence-corrected chi connectivity index (χ3v) is 2.95. The number of methoxy groups -OCH3 is 1. The third-order valence-electron chi connectivity index (χ3n) is 2.71. The molecule has 4 nitrogen and oxygen atoms in total. The van der Waals surface area contributed by atoms with E-state index in [-0.39, 0.29) is 16.9 Å². The van der Waals surface area contributed by atoms with Crippen molar-refractivity contribution < 1.29 is 13.9 Å². The van der Waals surface area contributed by atoms with Gasteiger partial charge >= 0.3 is 5.97 Å². The van der Waals surface area contributed by atoms with Crippen LogP contribution in [0.15, 0.2) is 36.4 Å². The van der Waals surface area contributed by atoms with E-state index in [1.54, 1.807) is 18.2 Å². The lowest BCUT2D eigenvalue weighted by molar-refractivity contribution is 0.0602. The molecular weight excluding hydrogens is 283 g/mol. The van der Waals surface area contributed by atoms with E-state index in [9.17, 15) is 9.18 Å². The van der Waals surface area contributed by atoms with Gasteiger partial charge in [-0.3, -0.25) is 0 Å². The van der Waals surface area contributed by atoms with Gasteiger partial charge < -0.3 is 15.8 Å². The average Bonchev–Trinajstić information content (AvgIpc) is 2.43. The molecule has 0 aromatic heterocycles. The minimum atomic E-state index is -0.553. The number of carbonyl (C=O) groups is 1. The molecule has 20 heavy (non-hydrogen) atoms. The van der Waals surface area contributed by atoms with E-state index in [0.717, 1.165) is 0 Å². The molecule has 6 heteroatoms. The third kappa shape index (κ3) is 2.83. The number of hydrogen-bond donors (Lipinski definition) is 2. The summed E-state index contributed by atoms with van der Waals surface area (Å²) in [6, 6.07) is 9.01. The molecule has 104 valence electrons. The molecule has 2 aromatic carbocycles. The van der Waals surface area contributed by atoms with Crippen molar-refractivity contribution >= 4 is 34.6 Å². The highest BCUT2D eigenvalue weighted by molar-refractivity contribution is 6.30. The topological polar surface area (TPSA) is 64.3 Å². The molecule has 0 saturated heterocycles. The number of benzene rings is 2. The molecular formula is C14H12ClFN2O2. The molecule has 0 unspecified atom stereocenters. The molecule has 0 fully saturated rings. The minimum absolute atomic E-state index is 0.189. The summed E-state index contributed by atoms with van der Waals surface area (Å²) in [5, 5.41) is 3.12. The van der Waals surface area contributed by atoms with Crippen LogP contribution < -0.4 is 11.1 Å². The van der Waals surface area contributed by atoms with E-state index in [4.69, 9.17) is 17.3 Å². The number of rotatable bonds is 3. The van der Waals surface area contributed by atoms with Crippen molar-refractivity contribution in [2.24, 2.45) is 0 Å². The first kappa shape index (κ1) is 14.1. The highest BCUT2D eigenvalue weighted by Gasteiger charge is 2.13. The number of para-hydroxylation sites is 1. The minimum Gasteiger partial charge on any atom is -0.465 e. The molecule has 0 bridgehead atoms. The second kappa shape index (κ2) is 5.79. The highest BCUT2D eigenvalue weighted by Crippen LogP contribution is 2.29. The quantitative estimate of drug-likeness (QED) is 0.671. The van der Waals surface area contributed by atoms with Gasteiger partial charge in [-0.2, -0.15) is 0 Å². The van der Waals surface area contributed by atoms with Crippen LogP contribution in [0, 0.1) is 5.82 Å². The Balaban J connectivity index is 2.37. The average molecular weight is 295 g/mol. The van der Waals surface area contributed by atoms with E-state index in [2.05, 4.69) is 10.1 Å². The van der Waals surface area contributed by atoms with Crippen molar-refractivity contribution in [3.63, 3.8) is 0 Å². The van der Waals surface area contributed by atoms with Gasteiger partial charge in [-0.15, -0.1) is 0 Å². The Bertz CT molecular complexity index is 662. The van der Waals surface area contributed by atoms with Crippen molar-refractivity contribution in [3.8, 4) is 0 Å². The lowest BCUT2D eigenvalue weighted by Gasteiger charge is -2.12. The zero-order chi connectivity index (χ0) is 14.7. The molecule has 0 amide bonds. The molecule has 0 radical (unpaired) electrons. The van der Waals surface area contributed by atoms with Crippen molar-refractivity contribution in [2.45, 2.75) is 0 Å². The fourth-order valence-electron chi connectivity index (χ4n) is 1.70.